The number of benzene rings is 1. The molecule has 3 nitrogen and oxygen atoms in total. The van der Waals surface area contributed by atoms with E-state index >= 15 is 0 Å². The van der Waals surface area contributed by atoms with Crippen molar-refractivity contribution in [1.82, 2.24) is 0 Å². The van der Waals surface area contributed by atoms with Crippen molar-refractivity contribution in [2.75, 3.05) is 11.4 Å². The maximum atomic E-state index is 10.2. The van der Waals surface area contributed by atoms with Crippen molar-refractivity contribution < 1.29 is 5.11 Å². The zero-order chi connectivity index (χ0) is 13.5. The first kappa shape index (κ1) is 12.8. The smallest absolute Gasteiger partial charge is 0.173 e. The van der Waals surface area contributed by atoms with Crippen molar-refractivity contribution >= 4 is 38.8 Å². The van der Waals surface area contributed by atoms with Gasteiger partial charge in [0.25, 0.3) is 0 Å². The van der Waals surface area contributed by atoms with E-state index < -0.39 is 5.72 Å². The number of aliphatic imine (C=N–C) groups is 1. The fourth-order valence-corrected chi connectivity index (χ4v) is 3.53. The van der Waals surface area contributed by atoms with E-state index in [9.17, 15) is 5.11 Å². The fraction of sp³-hybridized carbons (Fsp3) is 0.214. The fourth-order valence-electron chi connectivity index (χ4n) is 2.14. The highest BCUT2D eigenvalue weighted by molar-refractivity contribution is 9.11. The van der Waals surface area contributed by atoms with E-state index in [1.165, 1.54) is 0 Å². The molecule has 98 valence electrons. The number of anilines is 1. The number of nitrogens with zero attached hydrogens (tertiary/aromatic N) is 2. The predicted molar refractivity (Wildman–Crippen MR) is 83.0 cm³/mol. The van der Waals surface area contributed by atoms with Gasteiger partial charge in [0.15, 0.2) is 5.72 Å². The summed E-state index contributed by atoms with van der Waals surface area (Å²) in [6.07, 6.45) is 0. The van der Waals surface area contributed by atoms with Crippen LogP contribution in [-0.2, 0) is 0 Å². The minimum absolute atomic E-state index is 0.474. The third-order valence-electron chi connectivity index (χ3n) is 2.92. The summed E-state index contributed by atoms with van der Waals surface area (Å²) in [7, 11) is 0. The van der Waals surface area contributed by atoms with E-state index in [1.54, 1.807) is 18.3 Å². The summed E-state index contributed by atoms with van der Waals surface area (Å²) in [5, 5.41) is 10.2. The standard InChI is InChI=1S/C14H13BrN2OS/c1-14(18)9-17(10-5-3-2-4-6-10)13(16-14)11-7-8-12(15)19-11/h2-8,18H,9H2,1H3. The molecule has 5 heteroatoms. The third kappa shape index (κ3) is 2.59. The van der Waals surface area contributed by atoms with Crippen LogP contribution in [0.1, 0.15) is 11.8 Å². The van der Waals surface area contributed by atoms with Crippen molar-refractivity contribution in [2.24, 2.45) is 4.99 Å². The number of β-amino-alcohol motifs (C(OH)–C–C–N with tert-alkyl or cyclic N) is 1. The molecule has 2 aromatic rings. The molecule has 0 aliphatic carbocycles. The molecule has 1 aromatic carbocycles. The molecule has 0 saturated heterocycles. The van der Waals surface area contributed by atoms with E-state index in [4.69, 9.17) is 0 Å². The molecule has 1 N–H and O–H groups in total. The Labute approximate surface area is 124 Å². The summed E-state index contributed by atoms with van der Waals surface area (Å²) in [4.78, 5) is 7.55. The number of aliphatic hydroxyl groups is 1. The Kier molecular flexibility index (Phi) is 3.20. The van der Waals surface area contributed by atoms with Crippen molar-refractivity contribution in [2.45, 2.75) is 12.6 Å². The normalized spacial score (nSPS) is 22.7. The topological polar surface area (TPSA) is 35.8 Å². The molecular weight excluding hydrogens is 324 g/mol. The number of hydrogen-bond donors (Lipinski definition) is 1. The molecule has 0 fully saturated rings. The molecule has 0 saturated carbocycles. The first-order chi connectivity index (χ1) is 9.05. The molecule has 1 unspecified atom stereocenters. The van der Waals surface area contributed by atoms with E-state index in [2.05, 4.69) is 25.8 Å². The molecule has 1 aromatic heterocycles. The van der Waals surface area contributed by atoms with Gasteiger partial charge in [0, 0.05) is 5.69 Å². The van der Waals surface area contributed by atoms with Gasteiger partial charge in [0.1, 0.15) is 5.84 Å². The number of rotatable bonds is 2. The molecule has 0 amide bonds. The zero-order valence-electron chi connectivity index (χ0n) is 10.4. The number of hydrogen-bond acceptors (Lipinski definition) is 4. The third-order valence-corrected chi connectivity index (χ3v) is 4.54. The van der Waals surface area contributed by atoms with Crippen molar-refractivity contribution in [1.29, 1.82) is 0 Å². The summed E-state index contributed by atoms with van der Waals surface area (Å²) in [5.41, 5.74) is 0.00491. The number of para-hydroxylation sites is 1. The van der Waals surface area contributed by atoms with Crippen LogP contribution in [0.15, 0.2) is 51.2 Å². The van der Waals surface area contributed by atoms with Crippen LogP contribution < -0.4 is 4.90 Å². The van der Waals surface area contributed by atoms with Crippen LogP contribution in [0.3, 0.4) is 0 Å². The Morgan fingerprint density at radius 2 is 2.00 bits per heavy atom. The van der Waals surface area contributed by atoms with Gasteiger partial charge in [0.2, 0.25) is 0 Å². The van der Waals surface area contributed by atoms with Gasteiger partial charge in [-0.3, -0.25) is 0 Å². The summed E-state index contributed by atoms with van der Waals surface area (Å²) >= 11 is 5.08. The Balaban J connectivity index is 2.03. The first-order valence-electron chi connectivity index (χ1n) is 5.96. The number of halogens is 1. The average molecular weight is 337 g/mol. The maximum absolute atomic E-state index is 10.2. The lowest BCUT2D eigenvalue weighted by Gasteiger charge is -2.21. The van der Waals surface area contributed by atoms with Gasteiger partial charge in [-0.15, -0.1) is 11.3 Å². The summed E-state index contributed by atoms with van der Waals surface area (Å²) in [6, 6.07) is 14.0. The Morgan fingerprint density at radius 3 is 2.63 bits per heavy atom. The molecule has 1 aliphatic heterocycles. The molecule has 1 atom stereocenters. The highest BCUT2D eigenvalue weighted by Gasteiger charge is 2.35. The van der Waals surface area contributed by atoms with Crippen molar-refractivity contribution in [3.05, 3.63) is 51.1 Å². The van der Waals surface area contributed by atoms with Gasteiger partial charge in [0.05, 0.1) is 15.2 Å². The van der Waals surface area contributed by atoms with Crippen LogP contribution in [0, 0.1) is 0 Å². The first-order valence-corrected chi connectivity index (χ1v) is 7.57. The minimum Gasteiger partial charge on any atom is -0.368 e. The highest BCUT2D eigenvalue weighted by atomic mass is 79.9. The van der Waals surface area contributed by atoms with E-state index in [0.29, 0.717) is 6.54 Å². The van der Waals surface area contributed by atoms with Gasteiger partial charge in [-0.25, -0.2) is 4.99 Å². The summed E-state index contributed by atoms with van der Waals surface area (Å²) < 4.78 is 1.06. The van der Waals surface area contributed by atoms with Gasteiger partial charge < -0.3 is 10.0 Å². The molecule has 0 radical (unpaired) electrons. The average Bonchev–Trinajstić information content (AvgIpc) is 2.94. The Hall–Kier alpha value is -1.17. The predicted octanol–water partition coefficient (Wildman–Crippen LogP) is 3.49. The second-order valence-corrected chi connectivity index (χ2v) is 7.14. The molecule has 0 spiro atoms. The van der Waals surface area contributed by atoms with Gasteiger partial charge >= 0.3 is 0 Å². The summed E-state index contributed by atoms with van der Waals surface area (Å²) in [6.45, 7) is 2.21. The van der Waals surface area contributed by atoms with Crippen LogP contribution in [0.4, 0.5) is 5.69 Å². The largest absolute Gasteiger partial charge is 0.368 e. The molecule has 2 heterocycles. The van der Waals surface area contributed by atoms with Crippen molar-refractivity contribution in [3.8, 4) is 0 Å². The Morgan fingerprint density at radius 1 is 1.26 bits per heavy atom. The van der Waals surface area contributed by atoms with Crippen LogP contribution >= 0.6 is 27.3 Å². The Bertz CT molecular complexity index is 621. The molecular formula is C14H13BrN2OS. The maximum Gasteiger partial charge on any atom is 0.173 e. The summed E-state index contributed by atoms with van der Waals surface area (Å²) in [5.74, 6) is 0.826. The number of amidine groups is 1. The zero-order valence-corrected chi connectivity index (χ0v) is 12.8. The van der Waals surface area contributed by atoms with Crippen LogP contribution in [0.5, 0.6) is 0 Å². The quantitative estimate of drug-likeness (QED) is 0.911. The second kappa shape index (κ2) is 4.74. The van der Waals surface area contributed by atoms with Crippen LogP contribution in [-0.4, -0.2) is 23.2 Å². The monoisotopic (exact) mass is 336 g/mol. The van der Waals surface area contributed by atoms with Gasteiger partial charge in [-0.05, 0) is 47.1 Å². The lowest BCUT2D eigenvalue weighted by molar-refractivity contribution is 0.0879. The molecule has 1 aliphatic rings. The lowest BCUT2D eigenvalue weighted by Crippen LogP contribution is -2.33. The second-order valence-electron chi connectivity index (χ2n) is 4.68. The molecule has 19 heavy (non-hydrogen) atoms. The molecule has 3 rings (SSSR count). The van der Waals surface area contributed by atoms with Gasteiger partial charge in [-0.2, -0.15) is 0 Å². The van der Waals surface area contributed by atoms with Crippen LogP contribution in [0.2, 0.25) is 0 Å². The number of thiophene rings is 1. The van der Waals surface area contributed by atoms with E-state index in [1.807, 2.05) is 42.5 Å². The van der Waals surface area contributed by atoms with Crippen LogP contribution in [0.25, 0.3) is 0 Å². The van der Waals surface area contributed by atoms with Crippen molar-refractivity contribution in [3.63, 3.8) is 0 Å². The minimum atomic E-state index is -1.04. The SMILES string of the molecule is CC1(O)CN(c2ccccc2)C(c2ccc(Br)s2)=N1. The van der Waals surface area contributed by atoms with Gasteiger partial charge in [-0.1, -0.05) is 18.2 Å². The highest BCUT2D eigenvalue weighted by Crippen LogP contribution is 2.31. The van der Waals surface area contributed by atoms with E-state index in [0.717, 1.165) is 20.2 Å². The van der Waals surface area contributed by atoms with E-state index in [-0.39, 0.29) is 0 Å². The molecule has 0 bridgehead atoms. The lowest BCUT2D eigenvalue weighted by atomic mass is 10.2.